The minimum Gasteiger partial charge on any atom is -0.368 e. The van der Waals surface area contributed by atoms with Crippen LogP contribution >= 0.6 is 0 Å². The van der Waals surface area contributed by atoms with Crippen molar-refractivity contribution in [3.8, 4) is 0 Å². The molecule has 214 valence electrons. The number of aromatic nitrogens is 1. The van der Waals surface area contributed by atoms with Crippen molar-refractivity contribution < 1.29 is 9.59 Å². The third-order valence-corrected chi connectivity index (χ3v) is 8.97. The Morgan fingerprint density at radius 3 is 2.54 bits per heavy atom. The van der Waals surface area contributed by atoms with Gasteiger partial charge < -0.3 is 24.9 Å². The number of aryl methyl sites for hydroxylation is 1. The first-order valence-electron chi connectivity index (χ1n) is 14.8. The fraction of sp³-hybridized carbons (Fsp3) is 0.424. The summed E-state index contributed by atoms with van der Waals surface area (Å²) in [6.07, 6.45) is 3.34. The SMILES string of the molecule is C=CC(=O)N1CCN(c2cc(C(=O)NC[C@H]3CCN(C)C3)nc3c2CCN(c2cccc4cccc(C)c24)C3)CC1. The number of rotatable bonds is 6. The maximum Gasteiger partial charge on any atom is 0.269 e. The number of likely N-dealkylation sites (tertiary alicyclic amines) is 1. The minimum absolute atomic E-state index is 0.0277. The van der Waals surface area contributed by atoms with Crippen molar-refractivity contribution in [1.29, 1.82) is 0 Å². The molecule has 0 radical (unpaired) electrons. The highest BCUT2D eigenvalue weighted by molar-refractivity contribution is 5.97. The zero-order chi connectivity index (χ0) is 28.5. The summed E-state index contributed by atoms with van der Waals surface area (Å²) < 4.78 is 0. The minimum atomic E-state index is -0.109. The van der Waals surface area contributed by atoms with Gasteiger partial charge in [-0.25, -0.2) is 4.98 Å². The Morgan fingerprint density at radius 2 is 1.80 bits per heavy atom. The summed E-state index contributed by atoms with van der Waals surface area (Å²) in [7, 11) is 2.13. The van der Waals surface area contributed by atoms with E-state index in [-0.39, 0.29) is 11.8 Å². The van der Waals surface area contributed by atoms with E-state index in [1.54, 1.807) is 0 Å². The van der Waals surface area contributed by atoms with Gasteiger partial charge in [-0.15, -0.1) is 0 Å². The van der Waals surface area contributed by atoms with Crippen molar-refractivity contribution in [1.82, 2.24) is 20.1 Å². The van der Waals surface area contributed by atoms with Crippen LogP contribution in [0.2, 0.25) is 0 Å². The van der Waals surface area contributed by atoms with Crippen LogP contribution in [0.4, 0.5) is 11.4 Å². The van der Waals surface area contributed by atoms with Crippen LogP contribution in [0, 0.1) is 12.8 Å². The lowest BCUT2D eigenvalue weighted by Crippen LogP contribution is -2.49. The fourth-order valence-electron chi connectivity index (χ4n) is 6.71. The highest BCUT2D eigenvalue weighted by Crippen LogP contribution is 2.35. The van der Waals surface area contributed by atoms with Crippen LogP contribution in [-0.4, -0.2) is 86.0 Å². The van der Waals surface area contributed by atoms with E-state index in [0.717, 1.165) is 56.9 Å². The standard InChI is InChI=1S/C33H40N6O2/c1-4-31(40)38-17-15-37(16-18-38)30-19-27(33(41)34-20-24-11-13-36(3)21-24)35-28-22-39(14-12-26(28)30)29-10-6-9-25-8-5-7-23(2)32(25)29/h4-10,19,24H,1,11-18,20-22H2,2-3H3,(H,34,41)/t24-/m1/s1. The molecular weight excluding hydrogens is 512 g/mol. The summed E-state index contributed by atoms with van der Waals surface area (Å²) >= 11 is 0. The molecule has 3 aliphatic heterocycles. The van der Waals surface area contributed by atoms with Crippen LogP contribution in [0.3, 0.4) is 0 Å². The average Bonchev–Trinajstić information content (AvgIpc) is 3.43. The monoisotopic (exact) mass is 552 g/mol. The molecule has 1 atom stereocenters. The van der Waals surface area contributed by atoms with E-state index in [9.17, 15) is 9.59 Å². The zero-order valence-corrected chi connectivity index (χ0v) is 24.2. The maximum atomic E-state index is 13.5. The van der Waals surface area contributed by atoms with E-state index < -0.39 is 0 Å². The molecular formula is C33H40N6O2. The molecule has 0 spiro atoms. The molecule has 8 heteroatoms. The van der Waals surface area contributed by atoms with Crippen LogP contribution in [0.1, 0.15) is 33.7 Å². The molecule has 6 rings (SSSR count). The van der Waals surface area contributed by atoms with Crippen molar-refractivity contribution in [2.24, 2.45) is 5.92 Å². The Hall–Kier alpha value is -3.91. The highest BCUT2D eigenvalue weighted by Gasteiger charge is 2.29. The van der Waals surface area contributed by atoms with Gasteiger partial charge in [0.1, 0.15) is 5.69 Å². The number of anilines is 2. The van der Waals surface area contributed by atoms with Crippen LogP contribution in [0.15, 0.2) is 55.1 Å². The smallest absolute Gasteiger partial charge is 0.269 e. The number of nitrogens with zero attached hydrogens (tertiary/aromatic N) is 5. The number of benzene rings is 2. The van der Waals surface area contributed by atoms with E-state index in [4.69, 9.17) is 4.98 Å². The molecule has 2 saturated heterocycles. The summed E-state index contributed by atoms with van der Waals surface area (Å²) in [5, 5.41) is 5.69. The quantitative estimate of drug-likeness (QED) is 0.471. The predicted octanol–water partition coefficient (Wildman–Crippen LogP) is 3.62. The van der Waals surface area contributed by atoms with E-state index >= 15 is 0 Å². The van der Waals surface area contributed by atoms with Gasteiger partial charge in [-0.05, 0) is 68.4 Å². The molecule has 8 nitrogen and oxygen atoms in total. The second kappa shape index (κ2) is 11.5. The third-order valence-electron chi connectivity index (χ3n) is 8.97. The number of hydrogen-bond donors (Lipinski definition) is 1. The van der Waals surface area contributed by atoms with E-state index in [1.807, 2.05) is 11.0 Å². The molecule has 1 N–H and O–H groups in total. The first-order valence-corrected chi connectivity index (χ1v) is 14.8. The van der Waals surface area contributed by atoms with Gasteiger partial charge in [0.05, 0.1) is 12.2 Å². The highest BCUT2D eigenvalue weighted by atomic mass is 16.2. The fourth-order valence-corrected chi connectivity index (χ4v) is 6.71. The number of carbonyl (C=O) groups is 2. The van der Waals surface area contributed by atoms with Gasteiger partial charge in [-0.2, -0.15) is 0 Å². The van der Waals surface area contributed by atoms with E-state index in [1.165, 1.54) is 33.7 Å². The van der Waals surface area contributed by atoms with Gasteiger partial charge in [0, 0.05) is 68.1 Å². The molecule has 0 bridgehead atoms. The molecule has 4 heterocycles. The number of carbonyl (C=O) groups excluding carboxylic acids is 2. The number of hydrogen-bond acceptors (Lipinski definition) is 6. The number of pyridine rings is 1. The van der Waals surface area contributed by atoms with Crippen LogP contribution < -0.4 is 15.1 Å². The maximum absolute atomic E-state index is 13.5. The van der Waals surface area contributed by atoms with Crippen molar-refractivity contribution in [3.63, 3.8) is 0 Å². The van der Waals surface area contributed by atoms with Gasteiger partial charge in [0.2, 0.25) is 5.91 Å². The second-order valence-electron chi connectivity index (χ2n) is 11.7. The molecule has 2 fully saturated rings. The van der Waals surface area contributed by atoms with Crippen LogP contribution in [0.5, 0.6) is 0 Å². The molecule has 3 aromatic rings. The van der Waals surface area contributed by atoms with E-state index in [2.05, 4.69) is 77.0 Å². The lowest BCUT2D eigenvalue weighted by Gasteiger charge is -2.39. The lowest BCUT2D eigenvalue weighted by atomic mass is 9.97. The Morgan fingerprint density at radius 1 is 1.02 bits per heavy atom. The Labute approximate surface area is 242 Å². The second-order valence-corrected chi connectivity index (χ2v) is 11.7. The molecule has 3 aliphatic rings. The van der Waals surface area contributed by atoms with Gasteiger partial charge in [-0.3, -0.25) is 9.59 Å². The molecule has 1 aromatic heterocycles. The Kier molecular flexibility index (Phi) is 7.67. The van der Waals surface area contributed by atoms with Crippen LogP contribution in [-0.2, 0) is 17.8 Å². The number of amides is 2. The predicted molar refractivity (Wildman–Crippen MR) is 165 cm³/mol. The molecule has 0 saturated carbocycles. The molecule has 41 heavy (non-hydrogen) atoms. The first kappa shape index (κ1) is 27.3. The normalized spacial score (nSPS) is 19.4. The summed E-state index contributed by atoms with van der Waals surface area (Å²) in [4.78, 5) is 39.5. The Bertz CT molecular complexity index is 1470. The number of piperazine rings is 1. The van der Waals surface area contributed by atoms with Crippen molar-refractivity contribution in [2.45, 2.75) is 26.3 Å². The summed E-state index contributed by atoms with van der Waals surface area (Å²) in [6.45, 7) is 12.8. The molecule has 2 amide bonds. The van der Waals surface area contributed by atoms with Crippen molar-refractivity contribution in [2.75, 3.05) is 69.2 Å². The molecule has 2 aromatic carbocycles. The largest absolute Gasteiger partial charge is 0.368 e. The number of nitrogens with one attached hydrogen (secondary N) is 1. The summed E-state index contributed by atoms with van der Waals surface area (Å²) in [5.74, 6) is 0.337. The van der Waals surface area contributed by atoms with Gasteiger partial charge in [-0.1, -0.05) is 36.9 Å². The van der Waals surface area contributed by atoms with Gasteiger partial charge in [0.25, 0.3) is 5.91 Å². The van der Waals surface area contributed by atoms with E-state index in [0.29, 0.717) is 37.8 Å². The lowest BCUT2D eigenvalue weighted by molar-refractivity contribution is -0.126. The van der Waals surface area contributed by atoms with Gasteiger partial charge in [0.15, 0.2) is 0 Å². The summed E-state index contributed by atoms with van der Waals surface area (Å²) in [5.41, 5.74) is 6.22. The third kappa shape index (κ3) is 5.53. The number of fused-ring (bicyclic) bond motifs is 2. The molecule has 0 aliphatic carbocycles. The topological polar surface area (TPSA) is 72.0 Å². The average molecular weight is 553 g/mol. The van der Waals surface area contributed by atoms with Crippen molar-refractivity contribution >= 4 is 34.0 Å². The zero-order valence-electron chi connectivity index (χ0n) is 24.2. The van der Waals surface area contributed by atoms with Gasteiger partial charge >= 0.3 is 0 Å². The Balaban J connectivity index is 1.31. The molecule has 0 unspecified atom stereocenters. The first-order chi connectivity index (χ1) is 19.9. The summed E-state index contributed by atoms with van der Waals surface area (Å²) in [6, 6.07) is 14.9. The van der Waals surface area contributed by atoms with Crippen molar-refractivity contribution in [3.05, 3.63) is 77.6 Å². The van der Waals surface area contributed by atoms with Crippen LogP contribution in [0.25, 0.3) is 10.8 Å².